The van der Waals surface area contributed by atoms with Gasteiger partial charge in [0.05, 0.1) is 5.56 Å². The van der Waals surface area contributed by atoms with Crippen molar-refractivity contribution in [3.63, 3.8) is 0 Å². The molecular weight excluding hydrogens is 254 g/mol. The van der Waals surface area contributed by atoms with Gasteiger partial charge in [-0.3, -0.25) is 9.69 Å². The van der Waals surface area contributed by atoms with Crippen molar-refractivity contribution in [3.8, 4) is 5.75 Å². The Bertz CT molecular complexity index is 506. The van der Waals surface area contributed by atoms with Gasteiger partial charge in [-0.2, -0.15) is 0 Å². The molecule has 0 spiro atoms. The number of nitrogens with zero attached hydrogens (tertiary/aromatic N) is 2. The molecule has 0 aromatic heterocycles. The van der Waals surface area contributed by atoms with Gasteiger partial charge >= 0.3 is 0 Å². The number of rotatable bonds is 2. The summed E-state index contributed by atoms with van der Waals surface area (Å²) in [6.45, 7) is 7.62. The van der Waals surface area contributed by atoms with Gasteiger partial charge in [0.25, 0.3) is 5.91 Å². The third-order valence-corrected chi connectivity index (χ3v) is 4.20. The summed E-state index contributed by atoms with van der Waals surface area (Å²) in [6.07, 6.45) is 0. The zero-order valence-corrected chi connectivity index (χ0v) is 11.8. The number of benzene rings is 1. The highest BCUT2D eigenvalue weighted by molar-refractivity contribution is 5.97. The van der Waals surface area contributed by atoms with Crippen LogP contribution < -0.4 is 5.32 Å². The predicted octanol–water partition coefficient (Wildman–Crippen LogP) is 0.430. The maximum atomic E-state index is 12.3. The van der Waals surface area contributed by atoms with Gasteiger partial charge in [-0.05, 0) is 24.6 Å². The fraction of sp³-hybridized carbons (Fsp3) is 0.533. The standard InChI is InChI=1S/C15H21N3O2/c1-11-2-3-13(14(19)8-11)15(20)18-9-12(10-18)17-6-4-16-5-7-17/h2-3,8,12,16,19H,4-7,9-10H2,1H3. The van der Waals surface area contributed by atoms with Crippen molar-refractivity contribution in [1.29, 1.82) is 0 Å². The van der Waals surface area contributed by atoms with Crippen LogP contribution in [0.4, 0.5) is 0 Å². The molecule has 5 heteroatoms. The fourth-order valence-corrected chi connectivity index (χ4v) is 2.89. The molecule has 108 valence electrons. The molecule has 2 aliphatic heterocycles. The molecular formula is C15H21N3O2. The Hall–Kier alpha value is -1.59. The third-order valence-electron chi connectivity index (χ3n) is 4.20. The van der Waals surface area contributed by atoms with E-state index >= 15 is 0 Å². The van der Waals surface area contributed by atoms with Crippen LogP contribution in [0.1, 0.15) is 15.9 Å². The Balaban J connectivity index is 1.60. The van der Waals surface area contributed by atoms with Crippen molar-refractivity contribution in [1.82, 2.24) is 15.1 Å². The molecule has 1 aromatic carbocycles. The lowest BCUT2D eigenvalue weighted by atomic mass is 10.0. The Morgan fingerprint density at radius 3 is 2.65 bits per heavy atom. The minimum absolute atomic E-state index is 0.0612. The van der Waals surface area contributed by atoms with Crippen LogP contribution in [0, 0.1) is 6.92 Å². The van der Waals surface area contributed by atoms with Crippen LogP contribution in [-0.4, -0.2) is 66.1 Å². The average molecular weight is 275 g/mol. The van der Waals surface area contributed by atoms with Gasteiger partial charge in [-0.1, -0.05) is 6.07 Å². The van der Waals surface area contributed by atoms with Crippen LogP contribution in [0.25, 0.3) is 0 Å². The molecule has 2 aliphatic rings. The second-order valence-electron chi connectivity index (χ2n) is 5.67. The molecule has 2 N–H and O–H groups in total. The van der Waals surface area contributed by atoms with Gasteiger partial charge in [0, 0.05) is 45.3 Å². The minimum atomic E-state index is -0.0612. The first kappa shape index (κ1) is 13.4. The number of likely N-dealkylation sites (tertiary alicyclic amines) is 1. The molecule has 0 radical (unpaired) electrons. The minimum Gasteiger partial charge on any atom is -0.507 e. The van der Waals surface area contributed by atoms with E-state index in [1.165, 1.54) is 0 Å². The zero-order chi connectivity index (χ0) is 14.1. The topological polar surface area (TPSA) is 55.8 Å². The van der Waals surface area contributed by atoms with Gasteiger partial charge < -0.3 is 15.3 Å². The Labute approximate surface area is 119 Å². The van der Waals surface area contributed by atoms with Crippen molar-refractivity contribution in [2.24, 2.45) is 0 Å². The molecule has 1 amide bonds. The highest BCUT2D eigenvalue weighted by atomic mass is 16.3. The van der Waals surface area contributed by atoms with Crippen molar-refractivity contribution >= 4 is 5.91 Å². The number of piperazine rings is 1. The van der Waals surface area contributed by atoms with E-state index in [0.29, 0.717) is 11.6 Å². The van der Waals surface area contributed by atoms with E-state index in [1.54, 1.807) is 12.1 Å². The Morgan fingerprint density at radius 1 is 1.30 bits per heavy atom. The molecule has 2 heterocycles. The Morgan fingerprint density at radius 2 is 2.00 bits per heavy atom. The van der Waals surface area contributed by atoms with E-state index in [0.717, 1.165) is 44.8 Å². The van der Waals surface area contributed by atoms with Crippen LogP contribution in [0.15, 0.2) is 18.2 Å². The Kier molecular flexibility index (Phi) is 3.63. The van der Waals surface area contributed by atoms with Crippen LogP contribution in [0.2, 0.25) is 0 Å². The summed E-state index contributed by atoms with van der Waals surface area (Å²) in [5.74, 6) is 0.0227. The van der Waals surface area contributed by atoms with Crippen molar-refractivity contribution < 1.29 is 9.90 Å². The summed E-state index contributed by atoms with van der Waals surface area (Å²) in [7, 11) is 0. The first-order valence-corrected chi connectivity index (χ1v) is 7.19. The van der Waals surface area contributed by atoms with E-state index in [2.05, 4.69) is 10.2 Å². The van der Waals surface area contributed by atoms with Gasteiger partial charge in [0.15, 0.2) is 0 Å². The van der Waals surface area contributed by atoms with E-state index in [4.69, 9.17) is 0 Å². The lowest BCUT2D eigenvalue weighted by molar-refractivity contribution is 0.0225. The van der Waals surface area contributed by atoms with E-state index < -0.39 is 0 Å². The summed E-state index contributed by atoms with van der Waals surface area (Å²) in [4.78, 5) is 16.6. The smallest absolute Gasteiger partial charge is 0.257 e. The number of nitrogens with one attached hydrogen (secondary N) is 1. The maximum Gasteiger partial charge on any atom is 0.257 e. The molecule has 2 fully saturated rings. The highest BCUT2D eigenvalue weighted by Gasteiger charge is 2.36. The lowest BCUT2D eigenvalue weighted by Crippen LogP contribution is -2.63. The number of carbonyl (C=O) groups excluding carboxylic acids is 1. The van der Waals surface area contributed by atoms with Gasteiger partial charge in [0.1, 0.15) is 5.75 Å². The van der Waals surface area contributed by atoms with Crippen LogP contribution in [0.5, 0.6) is 5.75 Å². The summed E-state index contributed by atoms with van der Waals surface area (Å²) in [5.41, 5.74) is 1.37. The lowest BCUT2D eigenvalue weighted by Gasteiger charge is -2.46. The second-order valence-corrected chi connectivity index (χ2v) is 5.67. The number of aromatic hydroxyl groups is 1. The number of amides is 1. The van der Waals surface area contributed by atoms with Crippen LogP contribution in [-0.2, 0) is 0 Å². The van der Waals surface area contributed by atoms with E-state index in [9.17, 15) is 9.90 Å². The molecule has 0 bridgehead atoms. The third kappa shape index (κ3) is 2.51. The van der Waals surface area contributed by atoms with Gasteiger partial charge in [-0.25, -0.2) is 0 Å². The number of hydrogen-bond acceptors (Lipinski definition) is 4. The molecule has 0 aliphatic carbocycles. The second kappa shape index (κ2) is 5.42. The molecule has 2 saturated heterocycles. The number of phenols is 1. The monoisotopic (exact) mass is 275 g/mol. The first-order valence-electron chi connectivity index (χ1n) is 7.19. The molecule has 1 aromatic rings. The van der Waals surface area contributed by atoms with Crippen molar-refractivity contribution in [2.75, 3.05) is 39.3 Å². The van der Waals surface area contributed by atoms with E-state index in [1.807, 2.05) is 17.9 Å². The molecule has 5 nitrogen and oxygen atoms in total. The quantitative estimate of drug-likeness (QED) is 0.822. The zero-order valence-electron chi connectivity index (χ0n) is 11.8. The van der Waals surface area contributed by atoms with Crippen LogP contribution in [0.3, 0.4) is 0 Å². The molecule has 3 rings (SSSR count). The predicted molar refractivity (Wildman–Crippen MR) is 77.0 cm³/mol. The normalized spacial score (nSPS) is 20.8. The number of carbonyl (C=O) groups is 1. The SMILES string of the molecule is Cc1ccc(C(=O)N2CC(N3CCNCC3)C2)c(O)c1. The number of phenolic OH excluding ortho intramolecular Hbond substituents is 1. The van der Waals surface area contributed by atoms with Crippen molar-refractivity contribution in [2.45, 2.75) is 13.0 Å². The van der Waals surface area contributed by atoms with Gasteiger partial charge in [-0.15, -0.1) is 0 Å². The average Bonchev–Trinajstić information content (AvgIpc) is 2.38. The summed E-state index contributed by atoms with van der Waals surface area (Å²) < 4.78 is 0. The summed E-state index contributed by atoms with van der Waals surface area (Å²) >= 11 is 0. The largest absolute Gasteiger partial charge is 0.507 e. The van der Waals surface area contributed by atoms with Gasteiger partial charge in [0.2, 0.25) is 0 Å². The molecule has 0 atom stereocenters. The molecule has 0 unspecified atom stereocenters. The van der Waals surface area contributed by atoms with Crippen LogP contribution >= 0.6 is 0 Å². The number of hydrogen-bond donors (Lipinski definition) is 2. The summed E-state index contributed by atoms with van der Waals surface area (Å²) in [6, 6.07) is 5.69. The fourth-order valence-electron chi connectivity index (χ4n) is 2.89. The highest BCUT2D eigenvalue weighted by Crippen LogP contribution is 2.24. The molecule has 0 saturated carbocycles. The summed E-state index contributed by atoms with van der Waals surface area (Å²) in [5, 5.41) is 13.2. The maximum absolute atomic E-state index is 12.3. The van der Waals surface area contributed by atoms with E-state index in [-0.39, 0.29) is 11.7 Å². The number of aryl methyl sites for hydroxylation is 1. The van der Waals surface area contributed by atoms with Crippen molar-refractivity contribution in [3.05, 3.63) is 29.3 Å². The first-order chi connectivity index (χ1) is 9.65. The molecule has 20 heavy (non-hydrogen) atoms.